The molecule has 1 fully saturated rings. The monoisotopic (exact) mass is 506 g/mol. The molecule has 166 valence electrons. The number of phenols is 1. The molecule has 0 radical (unpaired) electrons. The Hall–Kier alpha value is -3.91. The fraction of sp³-hybridized carbons (Fsp3) is 0.0800. The highest BCUT2D eigenvalue weighted by Gasteiger charge is 2.36. The Labute approximate surface area is 198 Å². The fourth-order valence-electron chi connectivity index (χ4n) is 3.35. The largest absolute Gasteiger partial charge is 0.508 e. The number of ether oxygens (including phenoxy) is 1. The van der Waals surface area contributed by atoms with Gasteiger partial charge in [-0.1, -0.05) is 35.9 Å². The van der Waals surface area contributed by atoms with Gasteiger partial charge in [-0.25, -0.2) is 9.69 Å². The second kappa shape index (κ2) is 9.30. The zero-order valence-corrected chi connectivity index (χ0v) is 19.1. The van der Waals surface area contributed by atoms with Crippen LogP contribution in [-0.2, 0) is 16.2 Å². The van der Waals surface area contributed by atoms with Gasteiger partial charge < -0.3 is 9.84 Å². The molecule has 0 unspecified atom stereocenters. The highest BCUT2D eigenvalue weighted by Crippen LogP contribution is 2.29. The van der Waals surface area contributed by atoms with E-state index >= 15 is 0 Å². The molecule has 0 aliphatic carbocycles. The molecule has 3 aromatic rings. The second-order valence-electron chi connectivity index (χ2n) is 7.44. The molecule has 1 heterocycles. The maximum atomic E-state index is 13.0. The van der Waals surface area contributed by atoms with Crippen molar-refractivity contribution in [2.24, 2.45) is 0 Å². The van der Waals surface area contributed by atoms with Crippen LogP contribution in [0.5, 0.6) is 11.5 Å². The van der Waals surface area contributed by atoms with Crippen LogP contribution in [-0.4, -0.2) is 23.0 Å². The van der Waals surface area contributed by atoms with Crippen LogP contribution in [0.2, 0.25) is 0 Å². The number of urea groups is 1. The number of aromatic hydroxyl groups is 1. The third kappa shape index (κ3) is 4.96. The maximum Gasteiger partial charge on any atom is 0.335 e. The summed E-state index contributed by atoms with van der Waals surface area (Å²) in [5.74, 6) is -0.940. The predicted octanol–water partition coefficient (Wildman–Crippen LogP) is 4.71. The highest BCUT2D eigenvalue weighted by atomic mass is 79.9. The molecule has 7 nitrogen and oxygen atoms in total. The first-order valence-electron chi connectivity index (χ1n) is 10.0. The summed E-state index contributed by atoms with van der Waals surface area (Å²) in [6.07, 6.45) is 1.41. The van der Waals surface area contributed by atoms with Crippen molar-refractivity contribution in [2.75, 3.05) is 4.90 Å². The van der Waals surface area contributed by atoms with E-state index in [1.54, 1.807) is 18.2 Å². The van der Waals surface area contributed by atoms with Gasteiger partial charge in [0.2, 0.25) is 0 Å². The number of imide groups is 2. The molecule has 2 N–H and O–H groups in total. The lowest BCUT2D eigenvalue weighted by atomic mass is 10.1. The Morgan fingerprint density at radius 3 is 2.48 bits per heavy atom. The summed E-state index contributed by atoms with van der Waals surface area (Å²) in [6.45, 7) is 2.41. The molecule has 1 aliphatic rings. The number of nitrogens with zero attached hydrogens (tertiary/aromatic N) is 1. The normalized spacial score (nSPS) is 15.0. The summed E-state index contributed by atoms with van der Waals surface area (Å²) < 4.78 is 6.53. The fourth-order valence-corrected chi connectivity index (χ4v) is 3.86. The minimum atomic E-state index is -0.853. The van der Waals surface area contributed by atoms with E-state index in [1.807, 2.05) is 31.2 Å². The topological polar surface area (TPSA) is 95.9 Å². The molecule has 0 atom stereocenters. The van der Waals surface area contributed by atoms with Gasteiger partial charge in [0.25, 0.3) is 11.8 Å². The van der Waals surface area contributed by atoms with Crippen LogP contribution < -0.4 is 15.0 Å². The van der Waals surface area contributed by atoms with Gasteiger partial charge in [0, 0.05) is 0 Å². The van der Waals surface area contributed by atoms with Crippen molar-refractivity contribution in [3.8, 4) is 11.5 Å². The summed E-state index contributed by atoms with van der Waals surface area (Å²) in [6, 6.07) is 17.9. The molecule has 8 heteroatoms. The predicted molar refractivity (Wildman–Crippen MR) is 127 cm³/mol. The van der Waals surface area contributed by atoms with Crippen molar-refractivity contribution in [1.82, 2.24) is 5.32 Å². The third-order valence-corrected chi connectivity index (χ3v) is 5.57. The van der Waals surface area contributed by atoms with Gasteiger partial charge in [-0.3, -0.25) is 14.9 Å². The lowest BCUT2D eigenvalue weighted by molar-refractivity contribution is -0.122. The summed E-state index contributed by atoms with van der Waals surface area (Å²) in [7, 11) is 0. The van der Waals surface area contributed by atoms with Gasteiger partial charge in [-0.2, -0.15) is 0 Å². The quantitative estimate of drug-likeness (QED) is 0.385. The number of amides is 4. The molecule has 1 saturated heterocycles. The Morgan fingerprint density at radius 2 is 1.79 bits per heavy atom. The minimum absolute atomic E-state index is 0.00924. The van der Waals surface area contributed by atoms with Crippen molar-refractivity contribution in [1.29, 1.82) is 0 Å². The number of halogens is 1. The van der Waals surface area contributed by atoms with E-state index in [0.29, 0.717) is 22.4 Å². The highest BCUT2D eigenvalue weighted by molar-refractivity contribution is 9.10. The summed E-state index contributed by atoms with van der Waals surface area (Å²) in [4.78, 5) is 38.4. The number of phenolic OH excluding ortho intramolecular Hbond substituents is 1. The third-order valence-electron chi connectivity index (χ3n) is 4.95. The lowest BCUT2D eigenvalue weighted by Gasteiger charge is -2.26. The smallest absolute Gasteiger partial charge is 0.335 e. The second-order valence-corrected chi connectivity index (χ2v) is 8.30. The van der Waals surface area contributed by atoms with Crippen LogP contribution in [0.3, 0.4) is 0 Å². The van der Waals surface area contributed by atoms with Gasteiger partial charge in [-0.15, -0.1) is 0 Å². The zero-order valence-electron chi connectivity index (χ0n) is 17.5. The van der Waals surface area contributed by atoms with Crippen LogP contribution >= 0.6 is 15.9 Å². The molecule has 0 bridgehead atoms. The van der Waals surface area contributed by atoms with E-state index < -0.39 is 17.8 Å². The number of nitrogens with one attached hydrogen (secondary N) is 1. The van der Waals surface area contributed by atoms with Gasteiger partial charge in [-0.05, 0) is 76.5 Å². The summed E-state index contributed by atoms with van der Waals surface area (Å²) >= 11 is 3.47. The first-order valence-corrected chi connectivity index (χ1v) is 10.8. The maximum absolute atomic E-state index is 13.0. The minimum Gasteiger partial charge on any atom is -0.508 e. The van der Waals surface area contributed by atoms with Gasteiger partial charge in [0.15, 0.2) is 0 Å². The molecule has 3 aromatic carbocycles. The summed E-state index contributed by atoms with van der Waals surface area (Å²) in [5.41, 5.74) is 2.80. The number of anilines is 1. The Kier molecular flexibility index (Phi) is 6.28. The van der Waals surface area contributed by atoms with Crippen LogP contribution in [0.4, 0.5) is 10.5 Å². The summed E-state index contributed by atoms with van der Waals surface area (Å²) in [5, 5.41) is 11.6. The number of benzene rings is 3. The molecule has 4 amide bonds. The number of aryl methyl sites for hydroxylation is 1. The van der Waals surface area contributed by atoms with Crippen LogP contribution in [0.25, 0.3) is 6.08 Å². The van der Waals surface area contributed by atoms with E-state index in [4.69, 9.17) is 4.74 Å². The molecular formula is C25H19BrN2O5. The van der Waals surface area contributed by atoms with E-state index in [1.165, 1.54) is 30.3 Å². The van der Waals surface area contributed by atoms with Gasteiger partial charge in [0.05, 0.1) is 10.2 Å². The molecular weight excluding hydrogens is 488 g/mol. The Morgan fingerprint density at radius 1 is 1.03 bits per heavy atom. The van der Waals surface area contributed by atoms with Crippen LogP contribution in [0, 0.1) is 6.92 Å². The molecule has 0 aromatic heterocycles. The standard InChI is InChI=1S/C25H19BrN2O5/c1-15-3-2-4-17(11-15)14-33-22-10-5-16(13-21(22)26)12-20-23(30)27-25(32)28(24(20)31)18-6-8-19(29)9-7-18/h2-13,29H,14H2,1H3,(H,27,30,32)/b20-12+. The van der Waals surface area contributed by atoms with Crippen molar-refractivity contribution < 1.29 is 24.2 Å². The van der Waals surface area contributed by atoms with Crippen molar-refractivity contribution in [3.63, 3.8) is 0 Å². The Balaban J connectivity index is 1.56. The average molecular weight is 507 g/mol. The van der Waals surface area contributed by atoms with E-state index in [0.717, 1.165) is 16.0 Å². The van der Waals surface area contributed by atoms with Crippen LogP contribution in [0.15, 0.2) is 76.8 Å². The number of hydrogen-bond acceptors (Lipinski definition) is 5. The molecule has 0 spiro atoms. The SMILES string of the molecule is Cc1cccc(COc2ccc(/C=C3\C(=O)NC(=O)N(c4ccc(O)cc4)C3=O)cc2Br)c1. The van der Waals surface area contributed by atoms with Gasteiger partial charge in [0.1, 0.15) is 23.7 Å². The number of carbonyl (C=O) groups excluding carboxylic acids is 3. The van der Waals surface area contributed by atoms with Crippen LogP contribution in [0.1, 0.15) is 16.7 Å². The molecule has 0 saturated carbocycles. The first kappa shape index (κ1) is 22.3. The number of carbonyl (C=O) groups is 3. The Bertz CT molecular complexity index is 1280. The lowest BCUT2D eigenvalue weighted by Crippen LogP contribution is -2.54. The van der Waals surface area contributed by atoms with Crippen molar-refractivity contribution in [2.45, 2.75) is 13.5 Å². The average Bonchev–Trinajstić information content (AvgIpc) is 2.77. The number of hydrogen-bond donors (Lipinski definition) is 2. The molecule has 4 rings (SSSR count). The molecule has 1 aliphatic heterocycles. The van der Waals surface area contributed by atoms with Crippen molar-refractivity contribution in [3.05, 3.63) is 93.5 Å². The van der Waals surface area contributed by atoms with E-state index in [-0.39, 0.29) is 17.0 Å². The number of rotatable bonds is 5. The van der Waals surface area contributed by atoms with E-state index in [2.05, 4.69) is 21.2 Å². The van der Waals surface area contributed by atoms with Crippen molar-refractivity contribution >= 4 is 45.5 Å². The number of barbiturate groups is 1. The molecule has 33 heavy (non-hydrogen) atoms. The first-order chi connectivity index (χ1) is 15.8. The van der Waals surface area contributed by atoms with Gasteiger partial charge >= 0.3 is 6.03 Å². The van der Waals surface area contributed by atoms with E-state index in [9.17, 15) is 19.5 Å². The zero-order chi connectivity index (χ0) is 23.5.